The van der Waals surface area contributed by atoms with Gasteiger partial charge in [-0.25, -0.2) is 12.8 Å². The van der Waals surface area contributed by atoms with Crippen molar-refractivity contribution in [1.82, 2.24) is 10.2 Å². The Morgan fingerprint density at radius 2 is 1.42 bits per heavy atom. The molecule has 45 heavy (non-hydrogen) atoms. The molecule has 0 aromatic heterocycles. The highest BCUT2D eigenvalue weighted by molar-refractivity contribution is 7.92. The highest BCUT2D eigenvalue weighted by Gasteiger charge is 2.36. The van der Waals surface area contributed by atoms with Crippen LogP contribution in [0.1, 0.15) is 43.0 Å². The van der Waals surface area contributed by atoms with Gasteiger partial charge in [0.05, 0.1) is 10.6 Å². The molecule has 9 heteroatoms. The minimum Gasteiger partial charge on any atom is -0.350 e. The summed E-state index contributed by atoms with van der Waals surface area (Å²) in [6, 6.07) is 27.4. The smallest absolute Gasteiger partial charge is 0.264 e. The third-order valence-electron chi connectivity index (χ3n) is 7.28. The fourth-order valence-electron chi connectivity index (χ4n) is 5.01. The summed E-state index contributed by atoms with van der Waals surface area (Å²) in [4.78, 5) is 29.9. The summed E-state index contributed by atoms with van der Waals surface area (Å²) in [6.45, 7) is 8.60. The summed E-state index contributed by atoms with van der Waals surface area (Å²) in [5.41, 5.74) is 2.68. The Hall–Kier alpha value is -4.50. The van der Waals surface area contributed by atoms with Gasteiger partial charge in [0.25, 0.3) is 10.0 Å². The topological polar surface area (TPSA) is 86.8 Å². The maximum absolute atomic E-state index is 14.5. The third kappa shape index (κ3) is 8.79. The molecule has 2 amide bonds. The zero-order valence-electron chi connectivity index (χ0n) is 26.3. The molecular formula is C36H40FN3O4S. The minimum absolute atomic E-state index is 0.0371. The Bertz CT molecular complexity index is 1720. The molecule has 0 radical (unpaired) electrons. The van der Waals surface area contributed by atoms with Crippen molar-refractivity contribution in [2.75, 3.05) is 10.8 Å². The molecule has 4 aromatic carbocycles. The van der Waals surface area contributed by atoms with Crippen LogP contribution in [0.5, 0.6) is 0 Å². The lowest BCUT2D eigenvalue weighted by molar-refractivity contribution is -0.140. The number of aryl methyl sites for hydroxylation is 2. The number of nitrogens with zero attached hydrogens (tertiary/aromatic N) is 2. The quantitative estimate of drug-likeness (QED) is 0.214. The molecule has 0 aliphatic rings. The number of anilines is 1. The van der Waals surface area contributed by atoms with Gasteiger partial charge in [-0.1, -0.05) is 72.8 Å². The van der Waals surface area contributed by atoms with E-state index >= 15 is 0 Å². The van der Waals surface area contributed by atoms with E-state index in [9.17, 15) is 22.4 Å². The van der Waals surface area contributed by atoms with Crippen LogP contribution in [0.4, 0.5) is 10.1 Å². The summed E-state index contributed by atoms with van der Waals surface area (Å²) >= 11 is 0. The summed E-state index contributed by atoms with van der Waals surface area (Å²) in [5.74, 6) is -1.39. The van der Waals surface area contributed by atoms with Gasteiger partial charge in [0.15, 0.2) is 0 Å². The van der Waals surface area contributed by atoms with Crippen LogP contribution in [0.15, 0.2) is 108 Å². The van der Waals surface area contributed by atoms with Crippen LogP contribution in [-0.4, -0.2) is 43.3 Å². The van der Waals surface area contributed by atoms with Crippen molar-refractivity contribution >= 4 is 27.5 Å². The van der Waals surface area contributed by atoms with Crippen molar-refractivity contribution in [3.05, 3.63) is 131 Å². The number of nitrogens with one attached hydrogen (secondary N) is 1. The molecule has 0 unspecified atom stereocenters. The number of carbonyl (C=O) groups is 2. The van der Waals surface area contributed by atoms with Gasteiger partial charge in [-0.3, -0.25) is 13.9 Å². The van der Waals surface area contributed by atoms with E-state index in [-0.39, 0.29) is 23.8 Å². The van der Waals surface area contributed by atoms with Crippen molar-refractivity contribution in [2.45, 2.75) is 64.1 Å². The highest BCUT2D eigenvalue weighted by Crippen LogP contribution is 2.29. The number of hydrogen-bond donors (Lipinski definition) is 1. The van der Waals surface area contributed by atoms with Crippen molar-refractivity contribution in [2.24, 2.45) is 0 Å². The summed E-state index contributed by atoms with van der Waals surface area (Å²) < 4.78 is 43.3. The van der Waals surface area contributed by atoms with Gasteiger partial charge in [0.1, 0.15) is 18.4 Å². The van der Waals surface area contributed by atoms with Crippen LogP contribution < -0.4 is 9.62 Å². The maximum Gasteiger partial charge on any atom is 0.264 e. The average Bonchev–Trinajstić information content (AvgIpc) is 3.00. The van der Waals surface area contributed by atoms with E-state index in [0.717, 1.165) is 15.4 Å². The molecular weight excluding hydrogens is 589 g/mol. The standard InChI is InChI=1S/C36H40FN3O4S/c1-26-16-17-27(2)32(22-26)40(45(43,44)31-14-10-7-11-15-31)25-34(41)39(24-29-18-20-30(37)21-19-29)33(35(42)38-36(3,4)5)23-28-12-8-6-9-13-28/h6-22,33H,23-25H2,1-5H3,(H,38,42)/t33-/m1/s1. The second-order valence-corrected chi connectivity index (χ2v) is 14.1. The van der Waals surface area contributed by atoms with E-state index in [1.54, 1.807) is 43.3 Å². The summed E-state index contributed by atoms with van der Waals surface area (Å²) in [5, 5.41) is 3.00. The Balaban J connectivity index is 1.84. The monoisotopic (exact) mass is 629 g/mol. The van der Waals surface area contributed by atoms with Gasteiger partial charge >= 0.3 is 0 Å². The zero-order valence-corrected chi connectivity index (χ0v) is 27.1. The van der Waals surface area contributed by atoms with Gasteiger partial charge in [-0.15, -0.1) is 0 Å². The molecule has 236 valence electrons. The zero-order chi connectivity index (χ0) is 32.8. The molecule has 4 aromatic rings. The number of rotatable bonds is 11. The lowest BCUT2D eigenvalue weighted by Crippen LogP contribution is -2.56. The number of sulfonamides is 1. The number of benzene rings is 4. The van der Waals surface area contributed by atoms with Crippen LogP contribution in [0, 0.1) is 19.7 Å². The first-order chi connectivity index (χ1) is 21.2. The van der Waals surface area contributed by atoms with E-state index in [2.05, 4.69) is 5.32 Å². The molecule has 0 aliphatic heterocycles. The first-order valence-corrected chi connectivity index (χ1v) is 16.2. The van der Waals surface area contributed by atoms with Crippen molar-refractivity contribution < 1.29 is 22.4 Å². The van der Waals surface area contributed by atoms with Crippen LogP contribution in [0.3, 0.4) is 0 Å². The Labute approximate surface area is 265 Å². The second kappa shape index (κ2) is 14.1. The van der Waals surface area contributed by atoms with E-state index < -0.39 is 39.9 Å². The number of carbonyl (C=O) groups excluding carboxylic acids is 2. The Morgan fingerprint density at radius 1 is 0.822 bits per heavy atom. The molecule has 1 N–H and O–H groups in total. The Morgan fingerprint density at radius 3 is 2.02 bits per heavy atom. The van der Waals surface area contributed by atoms with E-state index in [1.165, 1.54) is 29.2 Å². The normalized spacial score (nSPS) is 12.3. The first kappa shape index (κ1) is 33.4. The van der Waals surface area contributed by atoms with Gasteiger partial charge in [0, 0.05) is 18.5 Å². The largest absolute Gasteiger partial charge is 0.350 e. The fourth-order valence-corrected chi connectivity index (χ4v) is 6.51. The van der Waals surface area contributed by atoms with Gasteiger partial charge in [0.2, 0.25) is 11.8 Å². The van der Waals surface area contributed by atoms with Gasteiger partial charge in [-0.05, 0) is 87.2 Å². The van der Waals surface area contributed by atoms with Crippen LogP contribution in [-0.2, 0) is 32.6 Å². The third-order valence-corrected chi connectivity index (χ3v) is 9.05. The summed E-state index contributed by atoms with van der Waals surface area (Å²) in [6.07, 6.45) is 0.185. The van der Waals surface area contributed by atoms with Crippen molar-refractivity contribution in [3.63, 3.8) is 0 Å². The predicted octanol–water partition coefficient (Wildman–Crippen LogP) is 6.19. The first-order valence-electron chi connectivity index (χ1n) is 14.8. The lowest BCUT2D eigenvalue weighted by Gasteiger charge is -2.35. The van der Waals surface area contributed by atoms with E-state index in [0.29, 0.717) is 16.8 Å². The molecule has 0 spiro atoms. The molecule has 0 fully saturated rings. The van der Waals surface area contributed by atoms with Crippen molar-refractivity contribution in [1.29, 1.82) is 0 Å². The molecule has 0 heterocycles. The second-order valence-electron chi connectivity index (χ2n) is 12.2. The number of halogens is 1. The van der Waals surface area contributed by atoms with E-state index in [1.807, 2.05) is 70.2 Å². The van der Waals surface area contributed by atoms with E-state index in [4.69, 9.17) is 0 Å². The van der Waals surface area contributed by atoms with Crippen molar-refractivity contribution in [3.8, 4) is 0 Å². The SMILES string of the molecule is Cc1ccc(C)c(N(CC(=O)N(Cc2ccc(F)cc2)[C@H](Cc2ccccc2)C(=O)NC(C)(C)C)S(=O)(=O)c2ccccc2)c1. The summed E-state index contributed by atoms with van der Waals surface area (Å²) in [7, 11) is -4.20. The van der Waals surface area contributed by atoms with Gasteiger partial charge in [-0.2, -0.15) is 0 Å². The fraction of sp³-hybridized carbons (Fsp3) is 0.278. The maximum atomic E-state index is 14.5. The molecule has 4 rings (SSSR count). The van der Waals surface area contributed by atoms with Gasteiger partial charge < -0.3 is 10.2 Å². The molecule has 0 saturated carbocycles. The molecule has 1 atom stereocenters. The highest BCUT2D eigenvalue weighted by atomic mass is 32.2. The number of hydrogen-bond acceptors (Lipinski definition) is 4. The average molecular weight is 630 g/mol. The van der Waals surface area contributed by atoms with Crippen LogP contribution in [0.2, 0.25) is 0 Å². The minimum atomic E-state index is -4.20. The van der Waals surface area contributed by atoms with Crippen LogP contribution in [0.25, 0.3) is 0 Å². The predicted molar refractivity (Wildman–Crippen MR) is 176 cm³/mol. The molecule has 7 nitrogen and oxygen atoms in total. The lowest BCUT2D eigenvalue weighted by atomic mass is 10.0. The molecule has 0 aliphatic carbocycles. The van der Waals surface area contributed by atoms with Crippen LogP contribution >= 0.6 is 0 Å². The Kier molecular flexibility index (Phi) is 10.4. The molecule has 0 saturated heterocycles. The molecule has 0 bridgehead atoms. The number of amides is 2.